The third kappa shape index (κ3) is 3.31. The zero-order valence-electron chi connectivity index (χ0n) is 9.46. The number of nitrogens with two attached hydrogens (primary N) is 1. The van der Waals surface area contributed by atoms with Gasteiger partial charge in [0.25, 0.3) is 0 Å². The van der Waals surface area contributed by atoms with Crippen LogP contribution in [0.2, 0.25) is 5.02 Å². The fourth-order valence-corrected chi connectivity index (χ4v) is 1.97. The minimum Gasteiger partial charge on any atom is -0.397 e. The van der Waals surface area contributed by atoms with Gasteiger partial charge in [0.2, 0.25) is 0 Å². The van der Waals surface area contributed by atoms with E-state index in [9.17, 15) is 0 Å². The molecule has 15 heavy (non-hydrogen) atoms. The monoisotopic (exact) mass is 226 g/mol. The summed E-state index contributed by atoms with van der Waals surface area (Å²) in [4.78, 5) is 2.13. The minimum atomic E-state index is 0.731. The maximum Gasteiger partial charge on any atom is 0.0786 e. The van der Waals surface area contributed by atoms with Crippen LogP contribution in [0.4, 0.5) is 11.4 Å². The summed E-state index contributed by atoms with van der Waals surface area (Å²) in [5.41, 5.74) is 7.61. The van der Waals surface area contributed by atoms with Crippen molar-refractivity contribution in [2.75, 3.05) is 24.2 Å². The van der Waals surface area contributed by atoms with Gasteiger partial charge >= 0.3 is 0 Å². The van der Waals surface area contributed by atoms with Crippen molar-refractivity contribution in [3.05, 3.63) is 23.2 Å². The number of hydrogen-bond acceptors (Lipinski definition) is 2. The van der Waals surface area contributed by atoms with Gasteiger partial charge in [0.15, 0.2) is 0 Å². The molecule has 0 fully saturated rings. The van der Waals surface area contributed by atoms with Gasteiger partial charge in [0, 0.05) is 13.6 Å². The van der Waals surface area contributed by atoms with Crippen LogP contribution in [0.1, 0.15) is 26.2 Å². The van der Waals surface area contributed by atoms with E-state index >= 15 is 0 Å². The molecule has 0 unspecified atom stereocenters. The summed E-state index contributed by atoms with van der Waals surface area (Å²) >= 11 is 6.12. The molecule has 0 radical (unpaired) electrons. The maximum atomic E-state index is 6.12. The average Bonchev–Trinajstić information content (AvgIpc) is 2.18. The molecule has 0 aliphatic heterocycles. The van der Waals surface area contributed by atoms with Crippen molar-refractivity contribution in [1.82, 2.24) is 0 Å². The molecule has 0 amide bonds. The molecule has 0 atom stereocenters. The van der Waals surface area contributed by atoms with Crippen LogP contribution in [0, 0.1) is 0 Å². The van der Waals surface area contributed by atoms with E-state index in [1.807, 2.05) is 25.2 Å². The highest BCUT2D eigenvalue weighted by atomic mass is 35.5. The van der Waals surface area contributed by atoms with Crippen LogP contribution >= 0.6 is 11.6 Å². The van der Waals surface area contributed by atoms with E-state index in [4.69, 9.17) is 17.3 Å². The molecular formula is C12H19ClN2. The Hall–Kier alpha value is -0.890. The summed E-state index contributed by atoms with van der Waals surface area (Å²) in [5, 5.41) is 0.731. The first-order valence-electron chi connectivity index (χ1n) is 5.42. The van der Waals surface area contributed by atoms with Gasteiger partial charge < -0.3 is 10.6 Å². The predicted molar refractivity (Wildman–Crippen MR) is 68.7 cm³/mol. The quantitative estimate of drug-likeness (QED) is 0.615. The number of nitrogen functional groups attached to an aromatic ring is 1. The van der Waals surface area contributed by atoms with E-state index in [0.717, 1.165) is 22.9 Å². The van der Waals surface area contributed by atoms with Crippen LogP contribution in [0.3, 0.4) is 0 Å². The van der Waals surface area contributed by atoms with Crippen molar-refractivity contribution in [2.24, 2.45) is 0 Å². The van der Waals surface area contributed by atoms with Gasteiger partial charge in [-0.15, -0.1) is 0 Å². The molecule has 2 N–H and O–H groups in total. The van der Waals surface area contributed by atoms with Crippen LogP contribution in [-0.4, -0.2) is 13.6 Å². The molecule has 0 aromatic heterocycles. The molecule has 84 valence electrons. The zero-order chi connectivity index (χ0) is 11.3. The van der Waals surface area contributed by atoms with Gasteiger partial charge in [-0.25, -0.2) is 0 Å². The third-order valence-corrected chi connectivity index (χ3v) is 2.80. The van der Waals surface area contributed by atoms with E-state index in [2.05, 4.69) is 11.8 Å². The van der Waals surface area contributed by atoms with Crippen LogP contribution in [0.25, 0.3) is 0 Å². The normalized spacial score (nSPS) is 10.3. The lowest BCUT2D eigenvalue weighted by atomic mass is 10.2. The molecule has 1 aromatic carbocycles. The van der Waals surface area contributed by atoms with Crippen LogP contribution in [-0.2, 0) is 0 Å². The SMILES string of the molecule is CCCCCN(C)c1c(N)cccc1Cl. The fourth-order valence-electron chi connectivity index (χ4n) is 1.65. The van der Waals surface area contributed by atoms with Gasteiger partial charge in [-0.2, -0.15) is 0 Å². The second-order valence-electron chi connectivity index (χ2n) is 3.81. The highest BCUT2D eigenvalue weighted by molar-refractivity contribution is 6.33. The molecule has 1 aromatic rings. The first-order chi connectivity index (χ1) is 7.16. The molecule has 0 saturated carbocycles. The second-order valence-corrected chi connectivity index (χ2v) is 4.21. The standard InChI is InChI=1S/C12H19ClN2/c1-3-4-5-9-15(2)12-10(13)7-6-8-11(12)14/h6-8H,3-5,9,14H2,1-2H3. The van der Waals surface area contributed by atoms with E-state index in [-0.39, 0.29) is 0 Å². The Labute approximate surface area is 97.0 Å². The largest absolute Gasteiger partial charge is 0.397 e. The lowest BCUT2D eigenvalue weighted by Gasteiger charge is -2.22. The van der Waals surface area contributed by atoms with Crippen molar-refractivity contribution in [3.63, 3.8) is 0 Å². The van der Waals surface area contributed by atoms with Crippen molar-refractivity contribution >= 4 is 23.0 Å². The first kappa shape index (κ1) is 12.2. The van der Waals surface area contributed by atoms with Crippen molar-refractivity contribution < 1.29 is 0 Å². The highest BCUT2D eigenvalue weighted by Gasteiger charge is 2.08. The Morgan fingerprint density at radius 3 is 2.67 bits per heavy atom. The number of benzene rings is 1. The van der Waals surface area contributed by atoms with Gasteiger partial charge in [-0.05, 0) is 18.6 Å². The van der Waals surface area contributed by atoms with Gasteiger partial charge in [0.05, 0.1) is 16.4 Å². The van der Waals surface area contributed by atoms with Gasteiger partial charge in [0.1, 0.15) is 0 Å². The molecule has 0 heterocycles. The van der Waals surface area contributed by atoms with E-state index in [0.29, 0.717) is 0 Å². The molecule has 0 aliphatic rings. The summed E-state index contributed by atoms with van der Waals surface area (Å²) in [7, 11) is 2.03. The van der Waals surface area contributed by atoms with E-state index in [1.165, 1.54) is 19.3 Å². The van der Waals surface area contributed by atoms with Crippen LogP contribution in [0.15, 0.2) is 18.2 Å². The van der Waals surface area contributed by atoms with Crippen molar-refractivity contribution in [3.8, 4) is 0 Å². The molecule has 2 nitrogen and oxygen atoms in total. The zero-order valence-corrected chi connectivity index (χ0v) is 10.2. The molecular weight excluding hydrogens is 208 g/mol. The van der Waals surface area contributed by atoms with Crippen molar-refractivity contribution in [2.45, 2.75) is 26.2 Å². The Morgan fingerprint density at radius 1 is 1.33 bits per heavy atom. The maximum absolute atomic E-state index is 6.12. The van der Waals surface area contributed by atoms with Gasteiger partial charge in [-0.1, -0.05) is 37.4 Å². The molecule has 0 aliphatic carbocycles. The van der Waals surface area contributed by atoms with Crippen molar-refractivity contribution in [1.29, 1.82) is 0 Å². The first-order valence-corrected chi connectivity index (χ1v) is 5.79. The van der Waals surface area contributed by atoms with E-state index in [1.54, 1.807) is 0 Å². The Morgan fingerprint density at radius 2 is 2.07 bits per heavy atom. The second kappa shape index (κ2) is 5.86. The lowest BCUT2D eigenvalue weighted by molar-refractivity contribution is 0.705. The summed E-state index contributed by atoms with van der Waals surface area (Å²) < 4.78 is 0. The number of anilines is 2. The van der Waals surface area contributed by atoms with Crippen LogP contribution < -0.4 is 10.6 Å². The number of nitrogens with zero attached hydrogens (tertiary/aromatic N) is 1. The molecule has 1 rings (SSSR count). The minimum absolute atomic E-state index is 0.731. The Bertz CT molecular complexity index is 292. The lowest BCUT2D eigenvalue weighted by Crippen LogP contribution is -2.20. The van der Waals surface area contributed by atoms with E-state index < -0.39 is 0 Å². The number of halogens is 1. The smallest absolute Gasteiger partial charge is 0.0786 e. The number of rotatable bonds is 5. The molecule has 0 saturated heterocycles. The van der Waals surface area contributed by atoms with Crippen LogP contribution in [0.5, 0.6) is 0 Å². The topological polar surface area (TPSA) is 29.3 Å². The summed E-state index contributed by atoms with van der Waals surface area (Å²) in [5.74, 6) is 0. The average molecular weight is 227 g/mol. The highest BCUT2D eigenvalue weighted by Crippen LogP contribution is 2.30. The fraction of sp³-hybridized carbons (Fsp3) is 0.500. The van der Waals surface area contributed by atoms with Gasteiger partial charge in [-0.3, -0.25) is 0 Å². The third-order valence-electron chi connectivity index (χ3n) is 2.50. The molecule has 3 heteroatoms. The molecule has 0 spiro atoms. The number of unbranched alkanes of at least 4 members (excludes halogenated alkanes) is 2. The predicted octanol–water partition coefficient (Wildman–Crippen LogP) is 3.55. The summed E-state index contributed by atoms with van der Waals surface area (Å²) in [6, 6.07) is 5.64. The number of hydrogen-bond donors (Lipinski definition) is 1. The number of para-hydroxylation sites is 1. The Kier molecular flexibility index (Phi) is 4.76. The summed E-state index contributed by atoms with van der Waals surface area (Å²) in [6.45, 7) is 3.20. The summed E-state index contributed by atoms with van der Waals surface area (Å²) in [6.07, 6.45) is 3.65. The molecule has 0 bridgehead atoms. The Balaban J connectivity index is 2.68.